The van der Waals surface area contributed by atoms with Crippen molar-refractivity contribution in [3.63, 3.8) is 0 Å². The first kappa shape index (κ1) is 15.0. The molecule has 0 radical (unpaired) electrons. The molecule has 0 saturated carbocycles. The molecule has 1 N–H and O–H groups in total. The lowest BCUT2D eigenvalue weighted by atomic mass is 10.1. The lowest BCUT2D eigenvalue weighted by Gasteiger charge is -2.15. The van der Waals surface area contributed by atoms with E-state index in [9.17, 15) is 8.42 Å². The van der Waals surface area contributed by atoms with Crippen molar-refractivity contribution in [3.05, 3.63) is 64.7 Å². The summed E-state index contributed by atoms with van der Waals surface area (Å²) in [5.74, 6) is 0. The minimum atomic E-state index is -3.52. The molecule has 1 atom stereocenters. The number of aryl methyl sites for hydroxylation is 1. The minimum absolute atomic E-state index is 0.268. The molecule has 0 aliphatic carbocycles. The summed E-state index contributed by atoms with van der Waals surface area (Å²) in [6.45, 7) is 3.72. The maximum absolute atomic E-state index is 12.3. The maximum atomic E-state index is 12.3. The molecule has 106 valence electrons. The zero-order valence-corrected chi connectivity index (χ0v) is 12.9. The van der Waals surface area contributed by atoms with E-state index < -0.39 is 10.0 Å². The number of benzene rings is 2. The Morgan fingerprint density at radius 3 is 2.10 bits per heavy atom. The molecule has 3 nitrogen and oxygen atoms in total. The highest BCUT2D eigenvalue weighted by molar-refractivity contribution is 7.89. The molecule has 2 aromatic carbocycles. The summed E-state index contributed by atoms with van der Waals surface area (Å²) in [4.78, 5) is 0.268. The van der Waals surface area contributed by atoms with Crippen LogP contribution in [-0.2, 0) is 10.0 Å². The SMILES string of the molecule is Cc1ccc(S(=O)(=O)N[C@H](C)c2ccc(Cl)cc2)cc1. The quantitative estimate of drug-likeness (QED) is 0.936. The summed E-state index contributed by atoms with van der Waals surface area (Å²) >= 11 is 5.82. The largest absolute Gasteiger partial charge is 0.241 e. The second kappa shape index (κ2) is 5.95. The van der Waals surface area contributed by atoms with Gasteiger partial charge in [-0.15, -0.1) is 0 Å². The predicted octanol–water partition coefficient (Wildman–Crippen LogP) is 3.69. The molecule has 20 heavy (non-hydrogen) atoms. The molecule has 0 fully saturated rings. The number of rotatable bonds is 4. The van der Waals surface area contributed by atoms with Crippen molar-refractivity contribution in [2.24, 2.45) is 0 Å². The van der Waals surface area contributed by atoms with Crippen LogP contribution >= 0.6 is 11.6 Å². The molecule has 0 bridgehead atoms. The van der Waals surface area contributed by atoms with Crippen molar-refractivity contribution in [2.45, 2.75) is 24.8 Å². The normalized spacial score (nSPS) is 13.2. The fourth-order valence-corrected chi connectivity index (χ4v) is 3.20. The van der Waals surface area contributed by atoms with Gasteiger partial charge in [0.15, 0.2) is 0 Å². The molecule has 0 saturated heterocycles. The zero-order valence-electron chi connectivity index (χ0n) is 11.3. The summed E-state index contributed by atoms with van der Waals surface area (Å²) in [6.07, 6.45) is 0. The van der Waals surface area contributed by atoms with Crippen molar-refractivity contribution in [3.8, 4) is 0 Å². The fourth-order valence-electron chi connectivity index (χ4n) is 1.84. The van der Waals surface area contributed by atoms with Gasteiger partial charge in [0.2, 0.25) is 10.0 Å². The number of sulfonamides is 1. The second-order valence-corrected chi connectivity index (χ2v) is 6.86. The molecule has 0 amide bonds. The van der Waals surface area contributed by atoms with Gasteiger partial charge in [0, 0.05) is 11.1 Å². The molecule has 0 spiro atoms. The highest BCUT2D eigenvalue weighted by Gasteiger charge is 2.18. The van der Waals surface area contributed by atoms with E-state index in [1.807, 2.05) is 19.1 Å². The Morgan fingerprint density at radius 2 is 1.55 bits per heavy atom. The molecule has 0 aromatic heterocycles. The molecule has 0 unspecified atom stereocenters. The summed E-state index contributed by atoms with van der Waals surface area (Å²) in [5, 5.41) is 0.627. The molecule has 0 aliphatic rings. The van der Waals surface area contributed by atoms with Gasteiger partial charge in [0.25, 0.3) is 0 Å². The average Bonchev–Trinajstić information content (AvgIpc) is 2.39. The van der Waals surface area contributed by atoms with Crippen molar-refractivity contribution >= 4 is 21.6 Å². The van der Waals surface area contributed by atoms with Gasteiger partial charge in [-0.1, -0.05) is 41.4 Å². The topological polar surface area (TPSA) is 46.2 Å². The van der Waals surface area contributed by atoms with Gasteiger partial charge in [-0.3, -0.25) is 0 Å². The van der Waals surface area contributed by atoms with Crippen molar-refractivity contribution in [1.82, 2.24) is 4.72 Å². The zero-order chi connectivity index (χ0) is 14.8. The van der Waals surface area contributed by atoms with E-state index in [0.29, 0.717) is 5.02 Å². The van der Waals surface area contributed by atoms with Crippen LogP contribution in [0, 0.1) is 6.92 Å². The summed E-state index contributed by atoms with van der Waals surface area (Å²) in [6, 6.07) is 13.6. The summed E-state index contributed by atoms with van der Waals surface area (Å²) in [5.41, 5.74) is 1.89. The first-order valence-electron chi connectivity index (χ1n) is 6.23. The third-order valence-electron chi connectivity index (χ3n) is 3.03. The number of halogens is 1. The van der Waals surface area contributed by atoms with E-state index in [4.69, 9.17) is 11.6 Å². The van der Waals surface area contributed by atoms with E-state index in [-0.39, 0.29) is 10.9 Å². The van der Waals surface area contributed by atoms with Crippen LogP contribution < -0.4 is 4.72 Å². The average molecular weight is 310 g/mol. The van der Waals surface area contributed by atoms with Gasteiger partial charge in [-0.25, -0.2) is 13.1 Å². The molecule has 0 heterocycles. The number of hydrogen-bond donors (Lipinski definition) is 1. The Morgan fingerprint density at radius 1 is 1.00 bits per heavy atom. The van der Waals surface area contributed by atoms with Crippen molar-refractivity contribution in [1.29, 1.82) is 0 Å². The van der Waals surface area contributed by atoms with Gasteiger partial charge >= 0.3 is 0 Å². The Kier molecular flexibility index (Phi) is 4.48. The molecule has 0 aliphatic heterocycles. The lowest BCUT2D eigenvalue weighted by Crippen LogP contribution is -2.26. The van der Waals surface area contributed by atoms with Crippen LogP contribution in [0.25, 0.3) is 0 Å². The summed E-state index contributed by atoms with van der Waals surface area (Å²) in [7, 11) is -3.52. The third-order valence-corrected chi connectivity index (χ3v) is 4.84. The third kappa shape index (κ3) is 3.60. The Hall–Kier alpha value is -1.36. The van der Waals surface area contributed by atoms with E-state index in [1.54, 1.807) is 43.3 Å². The van der Waals surface area contributed by atoms with Gasteiger partial charge in [-0.05, 0) is 43.7 Å². The molecular formula is C15H16ClNO2S. The van der Waals surface area contributed by atoms with Crippen LogP contribution in [0.15, 0.2) is 53.4 Å². The fraction of sp³-hybridized carbons (Fsp3) is 0.200. The standard InChI is InChI=1S/C15H16ClNO2S/c1-11-3-9-15(10-4-11)20(18,19)17-12(2)13-5-7-14(16)8-6-13/h3-10,12,17H,1-2H3/t12-/m1/s1. The molecule has 5 heteroatoms. The van der Waals surface area contributed by atoms with Crippen LogP contribution in [0.3, 0.4) is 0 Å². The van der Waals surface area contributed by atoms with Gasteiger partial charge in [0.05, 0.1) is 4.90 Å². The molecule has 2 aromatic rings. The van der Waals surface area contributed by atoms with Crippen LogP contribution in [0.5, 0.6) is 0 Å². The molecular weight excluding hydrogens is 294 g/mol. The highest BCUT2D eigenvalue weighted by atomic mass is 35.5. The van der Waals surface area contributed by atoms with Crippen LogP contribution in [0.4, 0.5) is 0 Å². The van der Waals surface area contributed by atoms with Gasteiger partial charge < -0.3 is 0 Å². The lowest BCUT2D eigenvalue weighted by molar-refractivity contribution is 0.567. The van der Waals surface area contributed by atoms with E-state index in [2.05, 4.69) is 4.72 Å². The van der Waals surface area contributed by atoms with Crippen LogP contribution in [0.2, 0.25) is 5.02 Å². The first-order chi connectivity index (χ1) is 9.38. The van der Waals surface area contributed by atoms with E-state index in [1.165, 1.54) is 0 Å². The maximum Gasteiger partial charge on any atom is 0.241 e. The Labute approximate surface area is 124 Å². The van der Waals surface area contributed by atoms with Gasteiger partial charge in [0.1, 0.15) is 0 Å². The smallest absolute Gasteiger partial charge is 0.207 e. The van der Waals surface area contributed by atoms with E-state index in [0.717, 1.165) is 11.1 Å². The predicted molar refractivity (Wildman–Crippen MR) is 81.4 cm³/mol. The number of nitrogens with one attached hydrogen (secondary N) is 1. The van der Waals surface area contributed by atoms with Crippen LogP contribution in [0.1, 0.15) is 24.1 Å². The Balaban J connectivity index is 2.19. The number of hydrogen-bond acceptors (Lipinski definition) is 2. The summed E-state index contributed by atoms with van der Waals surface area (Å²) < 4.78 is 27.2. The van der Waals surface area contributed by atoms with Gasteiger partial charge in [-0.2, -0.15) is 0 Å². The minimum Gasteiger partial charge on any atom is -0.207 e. The van der Waals surface area contributed by atoms with Crippen molar-refractivity contribution in [2.75, 3.05) is 0 Å². The Bertz CT molecular complexity index is 679. The highest BCUT2D eigenvalue weighted by Crippen LogP contribution is 2.19. The van der Waals surface area contributed by atoms with Crippen molar-refractivity contribution < 1.29 is 8.42 Å². The van der Waals surface area contributed by atoms with E-state index >= 15 is 0 Å². The molecule has 2 rings (SSSR count). The monoisotopic (exact) mass is 309 g/mol. The first-order valence-corrected chi connectivity index (χ1v) is 8.09. The van der Waals surface area contributed by atoms with Crippen LogP contribution in [-0.4, -0.2) is 8.42 Å². The second-order valence-electron chi connectivity index (χ2n) is 4.71.